The van der Waals surface area contributed by atoms with Crippen LogP contribution in [0.15, 0.2) is 36.9 Å². The second kappa shape index (κ2) is 5.53. The van der Waals surface area contributed by atoms with Gasteiger partial charge in [0, 0.05) is 10.1 Å². The average Bonchev–Trinajstić information content (AvgIpc) is 2.76. The second-order valence-electron chi connectivity index (χ2n) is 3.62. The van der Waals surface area contributed by atoms with Crippen molar-refractivity contribution in [2.75, 3.05) is 11.9 Å². The Morgan fingerprint density at radius 3 is 2.84 bits per heavy atom. The Labute approximate surface area is 113 Å². The second-order valence-corrected chi connectivity index (χ2v) is 4.67. The van der Waals surface area contributed by atoms with E-state index in [4.69, 9.17) is 9.84 Å². The number of amides is 1. The van der Waals surface area contributed by atoms with Crippen LogP contribution in [0.25, 0.3) is 10.1 Å². The highest BCUT2D eigenvalue weighted by molar-refractivity contribution is 7.21. The third-order valence-electron chi connectivity index (χ3n) is 2.35. The third-order valence-corrected chi connectivity index (χ3v) is 3.51. The number of carboxylic acids is 1. The van der Waals surface area contributed by atoms with Crippen molar-refractivity contribution in [3.05, 3.63) is 41.8 Å². The first-order chi connectivity index (χ1) is 9.13. The van der Waals surface area contributed by atoms with Gasteiger partial charge in [-0.15, -0.1) is 11.3 Å². The smallest absolute Gasteiger partial charge is 0.412 e. The summed E-state index contributed by atoms with van der Waals surface area (Å²) in [6.45, 7) is 3.49. The molecule has 6 heteroatoms. The monoisotopic (exact) mass is 277 g/mol. The van der Waals surface area contributed by atoms with Gasteiger partial charge in [-0.1, -0.05) is 30.9 Å². The molecule has 0 fully saturated rings. The number of fused-ring (bicyclic) bond motifs is 1. The summed E-state index contributed by atoms with van der Waals surface area (Å²) in [6.07, 6.45) is 0.731. The molecule has 1 heterocycles. The molecular formula is C13H11NO4S. The van der Waals surface area contributed by atoms with Gasteiger partial charge in [0.25, 0.3) is 0 Å². The summed E-state index contributed by atoms with van der Waals surface area (Å²) in [5.74, 6) is -1.08. The molecule has 0 unspecified atom stereocenters. The van der Waals surface area contributed by atoms with Crippen molar-refractivity contribution in [2.24, 2.45) is 0 Å². The van der Waals surface area contributed by atoms with E-state index in [0.717, 1.165) is 16.0 Å². The fourth-order valence-electron chi connectivity index (χ4n) is 1.59. The Morgan fingerprint density at radius 2 is 2.16 bits per heavy atom. The van der Waals surface area contributed by atoms with Gasteiger partial charge in [0.15, 0.2) is 0 Å². The van der Waals surface area contributed by atoms with Gasteiger partial charge in [-0.3, -0.25) is 5.32 Å². The number of hydrogen-bond donors (Lipinski definition) is 2. The Kier molecular flexibility index (Phi) is 3.82. The maximum atomic E-state index is 11.5. The molecule has 1 aromatic carbocycles. The number of rotatable bonds is 4. The van der Waals surface area contributed by atoms with E-state index in [1.165, 1.54) is 6.08 Å². The van der Waals surface area contributed by atoms with Gasteiger partial charge in [0.05, 0.1) is 5.69 Å². The summed E-state index contributed by atoms with van der Waals surface area (Å²) < 4.78 is 5.58. The van der Waals surface area contributed by atoms with Crippen LogP contribution in [0.1, 0.15) is 9.67 Å². The van der Waals surface area contributed by atoms with Gasteiger partial charge >= 0.3 is 12.1 Å². The van der Waals surface area contributed by atoms with Crippen molar-refractivity contribution in [2.45, 2.75) is 0 Å². The van der Waals surface area contributed by atoms with Crippen LogP contribution in [0.2, 0.25) is 0 Å². The van der Waals surface area contributed by atoms with E-state index in [1.54, 1.807) is 18.2 Å². The molecular weight excluding hydrogens is 266 g/mol. The van der Waals surface area contributed by atoms with Gasteiger partial charge in [-0.2, -0.15) is 0 Å². The first-order valence-electron chi connectivity index (χ1n) is 5.43. The molecule has 19 heavy (non-hydrogen) atoms. The molecule has 5 nitrogen and oxygen atoms in total. The maximum absolute atomic E-state index is 11.5. The number of thiophene rings is 1. The fourth-order valence-corrected chi connectivity index (χ4v) is 2.59. The van der Waals surface area contributed by atoms with Crippen LogP contribution in [0.4, 0.5) is 10.5 Å². The van der Waals surface area contributed by atoms with Crippen LogP contribution < -0.4 is 5.32 Å². The molecule has 0 saturated carbocycles. The molecule has 2 N–H and O–H groups in total. The van der Waals surface area contributed by atoms with Crippen molar-refractivity contribution >= 4 is 39.2 Å². The number of hydrogen-bond acceptors (Lipinski definition) is 4. The quantitative estimate of drug-likeness (QED) is 0.840. The molecule has 0 atom stereocenters. The van der Waals surface area contributed by atoms with Crippen LogP contribution >= 0.6 is 11.3 Å². The number of nitrogens with one attached hydrogen (secondary N) is 1. The lowest BCUT2D eigenvalue weighted by molar-refractivity contribution is 0.0703. The first-order valence-corrected chi connectivity index (χ1v) is 6.24. The molecule has 0 spiro atoms. The summed E-state index contributed by atoms with van der Waals surface area (Å²) in [7, 11) is 0. The highest BCUT2D eigenvalue weighted by Crippen LogP contribution is 2.35. The fraction of sp³-hybridized carbons (Fsp3) is 0.0769. The number of ether oxygens (including phenoxy) is 1. The van der Waals surface area contributed by atoms with Crippen molar-refractivity contribution in [1.29, 1.82) is 0 Å². The highest BCUT2D eigenvalue weighted by Gasteiger charge is 2.19. The largest absolute Gasteiger partial charge is 0.477 e. The van der Waals surface area contributed by atoms with Gasteiger partial charge in [-0.05, 0) is 6.07 Å². The topological polar surface area (TPSA) is 75.6 Å². The number of carbonyl (C=O) groups excluding carboxylic acids is 1. The van der Waals surface area contributed by atoms with Crippen LogP contribution in [-0.4, -0.2) is 23.8 Å². The minimum absolute atomic E-state index is 0.0658. The van der Waals surface area contributed by atoms with Crippen molar-refractivity contribution in [3.8, 4) is 0 Å². The van der Waals surface area contributed by atoms with E-state index >= 15 is 0 Å². The van der Waals surface area contributed by atoms with Crippen LogP contribution in [-0.2, 0) is 4.74 Å². The molecule has 1 amide bonds. The SMILES string of the molecule is C=CCOC(=O)Nc1c(C(=O)O)sc2ccccc12. The van der Waals surface area contributed by atoms with Gasteiger partial charge in [0.2, 0.25) is 0 Å². The molecule has 0 bridgehead atoms. The van der Waals surface area contributed by atoms with Crippen molar-refractivity contribution in [3.63, 3.8) is 0 Å². The number of benzene rings is 1. The Morgan fingerprint density at radius 1 is 1.42 bits per heavy atom. The zero-order valence-corrected chi connectivity index (χ0v) is 10.7. The summed E-state index contributed by atoms with van der Waals surface area (Å²) in [5.41, 5.74) is 0.266. The highest BCUT2D eigenvalue weighted by atomic mass is 32.1. The molecule has 0 aliphatic heterocycles. The normalized spacial score (nSPS) is 10.1. The van der Waals surface area contributed by atoms with E-state index in [0.29, 0.717) is 5.39 Å². The molecule has 0 saturated heterocycles. The van der Waals surface area contributed by atoms with E-state index in [9.17, 15) is 9.59 Å². The van der Waals surface area contributed by atoms with E-state index < -0.39 is 12.1 Å². The van der Waals surface area contributed by atoms with Gasteiger partial charge in [-0.25, -0.2) is 9.59 Å². The molecule has 2 rings (SSSR count). The van der Waals surface area contributed by atoms with E-state index in [2.05, 4.69) is 11.9 Å². The zero-order chi connectivity index (χ0) is 13.8. The Hall–Kier alpha value is -2.34. The van der Waals surface area contributed by atoms with Gasteiger partial charge in [0.1, 0.15) is 11.5 Å². The molecule has 2 aromatic rings. The van der Waals surface area contributed by atoms with Crippen molar-refractivity contribution in [1.82, 2.24) is 0 Å². The average molecular weight is 277 g/mol. The summed E-state index contributed by atoms with van der Waals surface area (Å²) >= 11 is 1.11. The minimum Gasteiger partial charge on any atom is -0.477 e. The maximum Gasteiger partial charge on any atom is 0.412 e. The van der Waals surface area contributed by atoms with Crippen molar-refractivity contribution < 1.29 is 19.4 Å². The molecule has 98 valence electrons. The van der Waals surface area contributed by atoms with Crippen LogP contribution in [0.3, 0.4) is 0 Å². The lowest BCUT2D eigenvalue weighted by Crippen LogP contribution is -2.15. The third kappa shape index (κ3) is 2.74. The van der Waals surface area contributed by atoms with Crippen LogP contribution in [0.5, 0.6) is 0 Å². The molecule has 0 radical (unpaired) electrons. The van der Waals surface area contributed by atoms with Gasteiger partial charge < -0.3 is 9.84 Å². The standard InChI is InChI=1S/C13H11NO4S/c1-2-7-18-13(17)14-10-8-5-3-4-6-9(8)19-11(10)12(15)16/h2-6H,1,7H2,(H,14,17)(H,15,16). The molecule has 0 aliphatic rings. The first kappa shape index (κ1) is 13.1. The number of aromatic carboxylic acids is 1. The number of carboxylic acid groups (broad SMARTS) is 1. The predicted octanol–water partition coefficient (Wildman–Crippen LogP) is 3.33. The van der Waals surface area contributed by atoms with E-state index in [1.807, 2.05) is 6.07 Å². The lowest BCUT2D eigenvalue weighted by Gasteiger charge is -2.05. The molecule has 1 aromatic heterocycles. The van der Waals surface area contributed by atoms with Crippen LogP contribution in [0, 0.1) is 0 Å². The summed E-state index contributed by atoms with van der Waals surface area (Å²) in [4.78, 5) is 22.8. The number of carbonyl (C=O) groups is 2. The zero-order valence-electron chi connectivity index (χ0n) is 9.88. The summed E-state index contributed by atoms with van der Waals surface area (Å²) in [6, 6.07) is 7.14. The summed E-state index contributed by atoms with van der Waals surface area (Å²) in [5, 5.41) is 12.3. The predicted molar refractivity (Wildman–Crippen MR) is 74.0 cm³/mol. The Balaban J connectivity index is 2.39. The lowest BCUT2D eigenvalue weighted by atomic mass is 10.2. The minimum atomic E-state index is -1.08. The molecule has 0 aliphatic carbocycles. The Bertz CT molecular complexity index is 647. The number of anilines is 1. The van der Waals surface area contributed by atoms with E-state index in [-0.39, 0.29) is 17.2 Å².